The minimum Gasteiger partial charge on any atom is -0.445 e. The van der Waals surface area contributed by atoms with Crippen LogP contribution in [0.5, 0.6) is 0 Å². The molecule has 1 N–H and O–H groups in total. The predicted molar refractivity (Wildman–Crippen MR) is 156 cm³/mol. The van der Waals surface area contributed by atoms with Crippen LogP contribution in [-0.2, 0) is 22.6 Å². The number of oxazole rings is 1. The molecule has 4 rings (SSSR count). The SMILES string of the molecule is CCCC(C(=O)NC(CCc1ccccc1)C(=O)c1nc(C(=O)N2CCCC2)co1)N(C)C(=O)OCc1ccccc1. The summed E-state index contributed by atoms with van der Waals surface area (Å²) in [6, 6.07) is 17.0. The van der Waals surface area contributed by atoms with Gasteiger partial charge in [-0.05, 0) is 43.2 Å². The second-order valence-corrected chi connectivity index (χ2v) is 10.4. The Labute approximate surface area is 246 Å². The number of likely N-dealkylation sites (tertiary alicyclic amines) is 1. The van der Waals surface area contributed by atoms with E-state index in [1.807, 2.05) is 67.6 Å². The smallest absolute Gasteiger partial charge is 0.410 e. The highest BCUT2D eigenvalue weighted by Gasteiger charge is 2.33. The number of carbonyl (C=O) groups excluding carboxylic acids is 4. The number of rotatable bonds is 13. The molecule has 2 unspecified atom stereocenters. The number of aryl methyl sites for hydroxylation is 1. The molecule has 0 spiro atoms. The van der Waals surface area contributed by atoms with Gasteiger partial charge in [0.25, 0.3) is 11.8 Å². The maximum Gasteiger partial charge on any atom is 0.410 e. The molecule has 0 saturated carbocycles. The van der Waals surface area contributed by atoms with Crippen LogP contribution in [0.4, 0.5) is 4.79 Å². The van der Waals surface area contributed by atoms with Crippen molar-refractivity contribution >= 4 is 23.7 Å². The molecule has 10 heteroatoms. The maximum atomic E-state index is 13.6. The van der Waals surface area contributed by atoms with Crippen molar-refractivity contribution < 1.29 is 28.3 Å². The lowest BCUT2D eigenvalue weighted by Crippen LogP contribution is -2.52. The van der Waals surface area contributed by atoms with E-state index >= 15 is 0 Å². The Bertz CT molecular complexity index is 1340. The second kappa shape index (κ2) is 15.0. The number of hydrogen-bond acceptors (Lipinski definition) is 7. The molecule has 0 aliphatic carbocycles. The monoisotopic (exact) mass is 574 g/mol. The molecule has 10 nitrogen and oxygen atoms in total. The molecule has 1 fully saturated rings. The summed E-state index contributed by atoms with van der Waals surface area (Å²) in [5.41, 5.74) is 1.89. The van der Waals surface area contributed by atoms with Crippen LogP contribution in [0.3, 0.4) is 0 Å². The van der Waals surface area contributed by atoms with Crippen molar-refractivity contribution in [2.24, 2.45) is 0 Å². The van der Waals surface area contributed by atoms with Crippen molar-refractivity contribution in [1.29, 1.82) is 0 Å². The van der Waals surface area contributed by atoms with E-state index in [2.05, 4.69) is 10.3 Å². The lowest BCUT2D eigenvalue weighted by molar-refractivity contribution is -0.126. The molecule has 1 saturated heterocycles. The summed E-state index contributed by atoms with van der Waals surface area (Å²) in [5.74, 6) is -1.54. The Balaban J connectivity index is 1.47. The Morgan fingerprint density at radius 1 is 0.976 bits per heavy atom. The average Bonchev–Trinajstić information content (AvgIpc) is 3.74. The van der Waals surface area contributed by atoms with Gasteiger partial charge < -0.3 is 19.4 Å². The fourth-order valence-electron chi connectivity index (χ4n) is 4.93. The first kappa shape index (κ1) is 30.5. The summed E-state index contributed by atoms with van der Waals surface area (Å²) in [4.78, 5) is 59.9. The highest BCUT2D eigenvalue weighted by atomic mass is 16.6. The summed E-state index contributed by atoms with van der Waals surface area (Å²) in [6.07, 6.45) is 4.18. The van der Waals surface area contributed by atoms with E-state index in [0.717, 1.165) is 24.0 Å². The topological polar surface area (TPSA) is 122 Å². The van der Waals surface area contributed by atoms with Crippen molar-refractivity contribution in [3.63, 3.8) is 0 Å². The summed E-state index contributed by atoms with van der Waals surface area (Å²) >= 11 is 0. The van der Waals surface area contributed by atoms with Crippen LogP contribution in [0.25, 0.3) is 0 Å². The number of ether oxygens (including phenoxy) is 1. The van der Waals surface area contributed by atoms with Crippen molar-refractivity contribution in [2.75, 3.05) is 20.1 Å². The van der Waals surface area contributed by atoms with E-state index in [1.165, 1.54) is 18.2 Å². The van der Waals surface area contributed by atoms with Gasteiger partial charge in [0.1, 0.15) is 18.9 Å². The Morgan fingerprint density at radius 2 is 1.62 bits per heavy atom. The minimum absolute atomic E-state index is 0.0677. The maximum absolute atomic E-state index is 13.6. The molecule has 222 valence electrons. The van der Waals surface area contributed by atoms with E-state index in [9.17, 15) is 19.2 Å². The number of likely N-dealkylation sites (N-methyl/N-ethyl adjacent to an activating group) is 1. The van der Waals surface area contributed by atoms with E-state index in [-0.39, 0.29) is 30.5 Å². The lowest BCUT2D eigenvalue weighted by atomic mass is 10.0. The van der Waals surface area contributed by atoms with Crippen LogP contribution < -0.4 is 5.32 Å². The summed E-state index contributed by atoms with van der Waals surface area (Å²) in [5, 5.41) is 2.84. The number of amides is 3. The van der Waals surface area contributed by atoms with Crippen LogP contribution in [0, 0.1) is 0 Å². The number of benzene rings is 2. The standard InChI is InChI=1S/C32H38N4O6/c1-3-12-27(35(2)32(40)42-21-24-15-8-5-9-16-24)29(38)33-25(18-17-23-13-6-4-7-14-23)28(37)30-34-26(22-41-30)31(39)36-19-10-11-20-36/h4-9,13-16,22,25,27H,3,10-12,17-21H2,1-2H3,(H,33,38). The fourth-order valence-corrected chi connectivity index (χ4v) is 4.93. The van der Waals surface area contributed by atoms with Crippen LogP contribution >= 0.6 is 0 Å². The number of aromatic nitrogens is 1. The molecule has 1 aromatic heterocycles. The number of carbonyl (C=O) groups is 4. The van der Waals surface area contributed by atoms with E-state index in [1.54, 1.807) is 4.90 Å². The third-order valence-electron chi connectivity index (χ3n) is 7.35. The van der Waals surface area contributed by atoms with E-state index < -0.39 is 29.9 Å². The normalized spacial score (nSPS) is 14.2. The number of nitrogens with one attached hydrogen (secondary N) is 1. The first-order valence-electron chi connectivity index (χ1n) is 14.4. The quantitative estimate of drug-likeness (QED) is 0.295. The van der Waals surface area contributed by atoms with Gasteiger partial charge in [-0.25, -0.2) is 9.78 Å². The van der Waals surface area contributed by atoms with Crippen molar-refractivity contribution in [3.8, 4) is 0 Å². The van der Waals surface area contributed by atoms with Crippen molar-refractivity contribution in [1.82, 2.24) is 20.1 Å². The van der Waals surface area contributed by atoms with Crippen molar-refractivity contribution in [3.05, 3.63) is 89.6 Å². The first-order valence-corrected chi connectivity index (χ1v) is 14.4. The van der Waals surface area contributed by atoms with Gasteiger partial charge in [0.2, 0.25) is 11.7 Å². The van der Waals surface area contributed by atoms with Crippen LogP contribution in [-0.4, -0.2) is 70.7 Å². The molecule has 2 aromatic carbocycles. The molecule has 0 bridgehead atoms. The Hall–Kier alpha value is -4.47. The minimum atomic E-state index is -0.987. The Morgan fingerprint density at radius 3 is 2.26 bits per heavy atom. The molecule has 1 aliphatic rings. The van der Waals surface area contributed by atoms with Gasteiger partial charge in [-0.1, -0.05) is 74.0 Å². The highest BCUT2D eigenvalue weighted by Crippen LogP contribution is 2.17. The van der Waals surface area contributed by atoms with Gasteiger partial charge in [-0.3, -0.25) is 19.3 Å². The molecule has 2 heterocycles. The fraction of sp³-hybridized carbons (Fsp3) is 0.406. The third-order valence-corrected chi connectivity index (χ3v) is 7.35. The zero-order chi connectivity index (χ0) is 29.9. The van der Waals surface area contributed by atoms with E-state index in [0.29, 0.717) is 32.4 Å². The molecule has 42 heavy (non-hydrogen) atoms. The largest absolute Gasteiger partial charge is 0.445 e. The number of nitrogens with zero attached hydrogens (tertiary/aromatic N) is 3. The van der Waals surface area contributed by atoms with Crippen LogP contribution in [0.2, 0.25) is 0 Å². The van der Waals surface area contributed by atoms with Crippen LogP contribution in [0.15, 0.2) is 71.3 Å². The highest BCUT2D eigenvalue weighted by molar-refractivity contribution is 6.00. The molecule has 0 radical (unpaired) electrons. The van der Waals surface area contributed by atoms with Gasteiger partial charge in [0, 0.05) is 20.1 Å². The number of ketones is 1. The van der Waals surface area contributed by atoms with Gasteiger partial charge in [0.15, 0.2) is 5.69 Å². The predicted octanol–water partition coefficient (Wildman–Crippen LogP) is 4.65. The molecule has 1 aliphatic heterocycles. The van der Waals surface area contributed by atoms with Crippen LogP contribution in [0.1, 0.15) is 71.3 Å². The summed E-state index contributed by atoms with van der Waals surface area (Å²) < 4.78 is 10.9. The summed E-state index contributed by atoms with van der Waals surface area (Å²) in [6.45, 7) is 3.27. The van der Waals surface area contributed by atoms with Gasteiger partial charge in [-0.15, -0.1) is 0 Å². The molecular weight excluding hydrogens is 536 g/mol. The number of hydrogen-bond donors (Lipinski definition) is 1. The molecule has 3 aromatic rings. The average molecular weight is 575 g/mol. The van der Waals surface area contributed by atoms with Crippen molar-refractivity contribution in [2.45, 2.75) is 64.1 Å². The van der Waals surface area contributed by atoms with Gasteiger partial charge in [-0.2, -0.15) is 0 Å². The van der Waals surface area contributed by atoms with Gasteiger partial charge in [0.05, 0.1) is 6.04 Å². The second-order valence-electron chi connectivity index (χ2n) is 10.4. The van der Waals surface area contributed by atoms with E-state index in [4.69, 9.17) is 9.15 Å². The molecule has 2 atom stereocenters. The molecular formula is C32H38N4O6. The zero-order valence-electron chi connectivity index (χ0n) is 24.2. The van der Waals surface area contributed by atoms with Gasteiger partial charge >= 0.3 is 6.09 Å². The zero-order valence-corrected chi connectivity index (χ0v) is 24.2. The molecule has 3 amide bonds. The first-order chi connectivity index (χ1) is 20.4. The number of Topliss-reactive ketones (excluding diaryl/α,β-unsaturated/α-hetero) is 1. The Kier molecular flexibility index (Phi) is 10.9. The lowest BCUT2D eigenvalue weighted by Gasteiger charge is -2.28. The summed E-state index contributed by atoms with van der Waals surface area (Å²) in [7, 11) is 1.51. The third kappa shape index (κ3) is 8.05.